The number of imidazole rings is 1. The van der Waals surface area contributed by atoms with Crippen molar-refractivity contribution in [2.45, 2.75) is 52.7 Å². The summed E-state index contributed by atoms with van der Waals surface area (Å²) in [4.78, 5) is 48.2. The van der Waals surface area contributed by atoms with Gasteiger partial charge in [-0.25, -0.2) is 9.78 Å². The van der Waals surface area contributed by atoms with Gasteiger partial charge in [-0.05, 0) is 25.0 Å². The van der Waals surface area contributed by atoms with Crippen molar-refractivity contribution in [2.75, 3.05) is 18.6 Å². The molecule has 5 rings (SSSR count). The molecule has 11 nitrogen and oxygen atoms in total. The van der Waals surface area contributed by atoms with E-state index in [2.05, 4.69) is 15.1 Å². The minimum atomic E-state index is -0.359. The van der Waals surface area contributed by atoms with Crippen molar-refractivity contribution in [3.63, 3.8) is 0 Å². The van der Waals surface area contributed by atoms with Crippen LogP contribution in [0.2, 0.25) is 0 Å². The number of H-pyrrole nitrogens is 1. The van der Waals surface area contributed by atoms with Gasteiger partial charge in [0.25, 0.3) is 5.56 Å². The number of aryl methyl sites for hydroxylation is 1. The molecule has 1 unspecified atom stereocenters. The average molecular weight is 506 g/mol. The normalized spacial score (nSPS) is 15.7. The first kappa shape index (κ1) is 24.5. The van der Waals surface area contributed by atoms with Crippen LogP contribution in [0.3, 0.4) is 0 Å². The summed E-state index contributed by atoms with van der Waals surface area (Å²) in [5.74, 6) is 1.36. The largest absolute Gasteiger partial charge is 0.497 e. The third-order valence-electron chi connectivity index (χ3n) is 6.68. The molecular weight excluding hydrogens is 474 g/mol. The molecule has 11 heteroatoms. The zero-order valence-corrected chi connectivity index (χ0v) is 21.3. The summed E-state index contributed by atoms with van der Waals surface area (Å²) in [5.41, 5.74) is 1.52. The molecule has 1 aliphatic heterocycles. The van der Waals surface area contributed by atoms with E-state index < -0.39 is 0 Å². The number of nitrogens with one attached hydrogen (secondary N) is 1. The third-order valence-corrected chi connectivity index (χ3v) is 6.68. The van der Waals surface area contributed by atoms with Gasteiger partial charge >= 0.3 is 5.69 Å². The van der Waals surface area contributed by atoms with Gasteiger partial charge in [0.2, 0.25) is 5.91 Å². The summed E-state index contributed by atoms with van der Waals surface area (Å²) < 4.78 is 9.92. The van der Waals surface area contributed by atoms with E-state index in [0.29, 0.717) is 67.3 Å². The minimum Gasteiger partial charge on any atom is -0.497 e. The van der Waals surface area contributed by atoms with Crippen LogP contribution in [0, 0.1) is 5.92 Å². The fourth-order valence-corrected chi connectivity index (χ4v) is 4.93. The maximum Gasteiger partial charge on any atom is 0.332 e. The number of anilines is 1. The lowest BCUT2D eigenvalue weighted by Gasteiger charge is -2.17. The van der Waals surface area contributed by atoms with Gasteiger partial charge < -0.3 is 14.6 Å². The summed E-state index contributed by atoms with van der Waals surface area (Å²) in [6.07, 6.45) is 5.38. The van der Waals surface area contributed by atoms with Crippen LogP contribution in [0.5, 0.6) is 5.75 Å². The maximum absolute atomic E-state index is 13.0. The zero-order chi connectivity index (χ0) is 26.1. The number of ether oxygens (including phenoxy) is 1. The van der Waals surface area contributed by atoms with Gasteiger partial charge in [-0.3, -0.25) is 23.4 Å². The number of aromatic amines is 1. The van der Waals surface area contributed by atoms with Crippen molar-refractivity contribution in [3.8, 4) is 17.1 Å². The van der Waals surface area contributed by atoms with Gasteiger partial charge in [0.1, 0.15) is 17.1 Å². The molecule has 0 saturated carbocycles. The second kappa shape index (κ2) is 10.1. The van der Waals surface area contributed by atoms with Gasteiger partial charge in [-0.1, -0.05) is 19.9 Å². The molecule has 1 N–H and O–H groups in total. The molecule has 4 aromatic rings. The van der Waals surface area contributed by atoms with Gasteiger partial charge in [0.05, 0.1) is 18.9 Å². The third kappa shape index (κ3) is 4.56. The van der Waals surface area contributed by atoms with Crippen molar-refractivity contribution in [2.24, 2.45) is 5.92 Å². The Morgan fingerprint density at radius 1 is 1.11 bits per heavy atom. The standard InChI is InChI=1S/C26H31N7O4/c1-4-9-31-24-22(25(35)32(10-5-2)26(31)36)28-23(29-24)18-13-27-30(16-18)14-17-11-21(34)33(15-17)19-7-6-8-20(12-19)37-3/h6-8,12-13,16-17H,4-5,9-11,14-15H2,1-3H3,(H,28,29). The van der Waals surface area contributed by atoms with Gasteiger partial charge in [-0.15, -0.1) is 0 Å². The summed E-state index contributed by atoms with van der Waals surface area (Å²) >= 11 is 0. The highest BCUT2D eigenvalue weighted by Crippen LogP contribution is 2.29. The summed E-state index contributed by atoms with van der Waals surface area (Å²) in [6.45, 7) is 5.90. The Balaban J connectivity index is 1.39. The van der Waals surface area contributed by atoms with E-state index in [1.165, 1.54) is 4.57 Å². The lowest BCUT2D eigenvalue weighted by atomic mass is 10.1. The van der Waals surface area contributed by atoms with E-state index in [1.807, 2.05) is 44.3 Å². The van der Waals surface area contributed by atoms with Crippen LogP contribution in [0.25, 0.3) is 22.6 Å². The number of carbonyl (C=O) groups is 1. The number of carbonyl (C=O) groups excluding carboxylic acids is 1. The summed E-state index contributed by atoms with van der Waals surface area (Å²) in [5, 5.41) is 4.48. The van der Waals surface area contributed by atoms with Crippen molar-refractivity contribution in [1.29, 1.82) is 0 Å². The molecule has 194 valence electrons. The lowest BCUT2D eigenvalue weighted by Crippen LogP contribution is -2.40. The van der Waals surface area contributed by atoms with Crippen LogP contribution in [-0.4, -0.2) is 48.4 Å². The van der Waals surface area contributed by atoms with Gasteiger partial charge in [0, 0.05) is 56.5 Å². The number of aromatic nitrogens is 6. The highest BCUT2D eigenvalue weighted by Gasteiger charge is 2.31. The number of hydrogen-bond acceptors (Lipinski definition) is 6. The van der Waals surface area contributed by atoms with Crippen molar-refractivity contribution < 1.29 is 9.53 Å². The van der Waals surface area contributed by atoms with Crippen LogP contribution >= 0.6 is 0 Å². The number of benzene rings is 1. The number of fused-ring (bicyclic) bond motifs is 1. The second-order valence-electron chi connectivity index (χ2n) is 9.40. The Kier molecular flexibility index (Phi) is 6.68. The van der Waals surface area contributed by atoms with Crippen LogP contribution in [0.4, 0.5) is 5.69 Å². The highest BCUT2D eigenvalue weighted by atomic mass is 16.5. The van der Waals surface area contributed by atoms with Crippen LogP contribution in [0.15, 0.2) is 46.2 Å². The van der Waals surface area contributed by atoms with Crippen molar-refractivity contribution in [1.82, 2.24) is 28.9 Å². The van der Waals surface area contributed by atoms with Crippen LogP contribution in [-0.2, 0) is 24.4 Å². The molecule has 3 aromatic heterocycles. The fourth-order valence-electron chi connectivity index (χ4n) is 4.93. The number of nitrogens with zero attached hydrogens (tertiary/aromatic N) is 6. The highest BCUT2D eigenvalue weighted by molar-refractivity contribution is 5.95. The van der Waals surface area contributed by atoms with E-state index in [-0.39, 0.29) is 23.1 Å². The Hall–Kier alpha value is -4.15. The minimum absolute atomic E-state index is 0.0696. The van der Waals surface area contributed by atoms with E-state index >= 15 is 0 Å². The molecule has 1 fully saturated rings. The lowest BCUT2D eigenvalue weighted by molar-refractivity contribution is -0.117. The molecule has 0 spiro atoms. The molecule has 0 radical (unpaired) electrons. The summed E-state index contributed by atoms with van der Waals surface area (Å²) in [6, 6.07) is 7.49. The van der Waals surface area contributed by atoms with Crippen LogP contribution < -0.4 is 20.9 Å². The van der Waals surface area contributed by atoms with E-state index in [4.69, 9.17) is 4.74 Å². The van der Waals surface area contributed by atoms with E-state index in [1.54, 1.807) is 27.5 Å². The molecule has 1 atom stereocenters. The Morgan fingerprint density at radius 3 is 2.65 bits per heavy atom. The van der Waals surface area contributed by atoms with Crippen LogP contribution in [0.1, 0.15) is 33.1 Å². The first-order valence-electron chi connectivity index (χ1n) is 12.6. The molecule has 0 aliphatic carbocycles. The Morgan fingerprint density at radius 2 is 1.89 bits per heavy atom. The molecule has 4 heterocycles. The molecule has 1 aliphatic rings. The Bertz CT molecular complexity index is 1560. The second-order valence-corrected chi connectivity index (χ2v) is 9.40. The monoisotopic (exact) mass is 505 g/mol. The zero-order valence-electron chi connectivity index (χ0n) is 21.3. The molecule has 1 amide bonds. The molecule has 0 bridgehead atoms. The van der Waals surface area contributed by atoms with Gasteiger partial charge in [0.15, 0.2) is 5.65 Å². The van der Waals surface area contributed by atoms with Crippen molar-refractivity contribution >= 4 is 22.8 Å². The van der Waals surface area contributed by atoms with E-state index in [9.17, 15) is 14.4 Å². The molecular formula is C26H31N7O4. The smallest absolute Gasteiger partial charge is 0.332 e. The van der Waals surface area contributed by atoms with E-state index in [0.717, 1.165) is 12.1 Å². The van der Waals surface area contributed by atoms with Gasteiger partial charge in [-0.2, -0.15) is 5.10 Å². The Labute approximate surface area is 213 Å². The average Bonchev–Trinajstić information content (AvgIpc) is 3.63. The topological polar surface area (TPSA) is 120 Å². The number of hydrogen-bond donors (Lipinski definition) is 1. The SMILES string of the molecule is CCCn1c(=O)c2[nH]c(-c3cnn(CC4CC(=O)N(c5cccc(OC)c5)C4)c3)nc2n(CCC)c1=O. The maximum atomic E-state index is 13.0. The number of amides is 1. The molecule has 1 saturated heterocycles. The molecule has 37 heavy (non-hydrogen) atoms. The summed E-state index contributed by atoms with van der Waals surface area (Å²) in [7, 11) is 1.61. The number of rotatable bonds is 9. The predicted molar refractivity (Wildman–Crippen MR) is 140 cm³/mol. The first-order chi connectivity index (χ1) is 17.9. The molecule has 1 aromatic carbocycles. The first-order valence-corrected chi connectivity index (χ1v) is 12.6. The fraction of sp³-hybridized carbons (Fsp3) is 0.423. The van der Waals surface area contributed by atoms with Crippen molar-refractivity contribution in [3.05, 3.63) is 57.5 Å². The quantitative estimate of drug-likeness (QED) is 0.373. The predicted octanol–water partition coefficient (Wildman–Crippen LogP) is 2.63. The number of methoxy groups -OCH3 is 1.